The Hall–Kier alpha value is -1.11. The largest absolute Gasteiger partial charge is 0.383 e. The van der Waals surface area contributed by atoms with Crippen molar-refractivity contribution in [3.8, 4) is 0 Å². The Balaban J connectivity index is 2.13. The fraction of sp³-hybridized carbons (Fsp3) is 0.273. The zero-order valence-corrected chi connectivity index (χ0v) is 10.8. The van der Waals surface area contributed by atoms with E-state index in [1.54, 1.807) is 13.2 Å². The molecule has 0 aromatic carbocycles. The van der Waals surface area contributed by atoms with Crippen LogP contribution in [0.4, 0.5) is 4.79 Å². The van der Waals surface area contributed by atoms with Gasteiger partial charge in [-0.05, 0) is 29.3 Å². The van der Waals surface area contributed by atoms with Gasteiger partial charge in [-0.1, -0.05) is 6.07 Å². The molecule has 2 amide bonds. The minimum atomic E-state index is -0.231. The zero-order valence-electron chi connectivity index (χ0n) is 9.21. The van der Waals surface area contributed by atoms with Crippen molar-refractivity contribution in [2.45, 2.75) is 0 Å². The average Bonchev–Trinajstić information content (AvgIpc) is 2.89. The van der Waals surface area contributed by atoms with Crippen LogP contribution in [0.1, 0.15) is 4.88 Å². The van der Waals surface area contributed by atoms with Gasteiger partial charge in [-0.3, -0.25) is 14.5 Å². The molecule has 0 spiro atoms. The molecule has 6 heteroatoms. The number of imide groups is 1. The van der Waals surface area contributed by atoms with Crippen molar-refractivity contribution >= 4 is 40.3 Å². The Morgan fingerprint density at radius 2 is 2.29 bits per heavy atom. The van der Waals surface area contributed by atoms with Crippen molar-refractivity contribution in [3.05, 3.63) is 27.3 Å². The lowest BCUT2D eigenvalue weighted by molar-refractivity contribution is -0.123. The molecule has 1 saturated heterocycles. The number of rotatable bonds is 4. The number of ether oxygens (including phenoxy) is 1. The summed E-state index contributed by atoms with van der Waals surface area (Å²) in [5.74, 6) is -0.231. The summed E-state index contributed by atoms with van der Waals surface area (Å²) in [5, 5.41) is 1.70. The molecule has 0 aliphatic carbocycles. The molecule has 1 aliphatic heterocycles. The molecule has 4 nitrogen and oxygen atoms in total. The minimum absolute atomic E-state index is 0.227. The van der Waals surface area contributed by atoms with E-state index in [0.717, 1.165) is 16.6 Å². The molecule has 2 rings (SSSR count). The summed E-state index contributed by atoms with van der Waals surface area (Å²) in [6.45, 7) is 0.674. The van der Waals surface area contributed by atoms with Gasteiger partial charge in [-0.25, -0.2) is 0 Å². The highest BCUT2D eigenvalue weighted by atomic mass is 32.2. The second-order valence-corrected chi connectivity index (χ2v) is 5.31. The van der Waals surface area contributed by atoms with Gasteiger partial charge in [0.2, 0.25) is 0 Å². The maximum atomic E-state index is 11.9. The fourth-order valence-corrected chi connectivity index (χ4v) is 2.97. The molecular weight excluding hydrogens is 258 g/mol. The second-order valence-electron chi connectivity index (χ2n) is 3.34. The molecule has 0 bridgehead atoms. The number of carbonyl (C=O) groups excluding carboxylic acids is 2. The van der Waals surface area contributed by atoms with Gasteiger partial charge in [0.25, 0.3) is 11.1 Å². The van der Waals surface area contributed by atoms with Crippen LogP contribution in [-0.2, 0) is 9.53 Å². The van der Waals surface area contributed by atoms with Gasteiger partial charge in [-0.2, -0.15) is 0 Å². The predicted molar refractivity (Wildman–Crippen MR) is 68.9 cm³/mol. The first kappa shape index (κ1) is 12.3. The molecule has 0 N–H and O–H groups in total. The highest BCUT2D eigenvalue weighted by molar-refractivity contribution is 8.18. The van der Waals surface area contributed by atoms with Gasteiger partial charge < -0.3 is 4.74 Å². The first-order valence-corrected chi connectivity index (χ1v) is 6.70. The molecule has 1 fully saturated rings. The van der Waals surface area contributed by atoms with Crippen LogP contribution in [0.2, 0.25) is 0 Å². The maximum absolute atomic E-state index is 11.9. The lowest BCUT2D eigenvalue weighted by Crippen LogP contribution is -2.31. The van der Waals surface area contributed by atoms with E-state index in [-0.39, 0.29) is 11.1 Å². The molecule has 0 saturated carbocycles. The smallest absolute Gasteiger partial charge is 0.293 e. The molecule has 2 heterocycles. The number of carbonyl (C=O) groups is 2. The molecule has 90 valence electrons. The summed E-state index contributed by atoms with van der Waals surface area (Å²) >= 11 is 2.52. The van der Waals surface area contributed by atoms with Crippen LogP contribution in [0.5, 0.6) is 0 Å². The van der Waals surface area contributed by atoms with E-state index in [4.69, 9.17) is 4.74 Å². The van der Waals surface area contributed by atoms with E-state index in [2.05, 4.69) is 0 Å². The molecule has 0 radical (unpaired) electrons. The molecule has 1 aromatic heterocycles. The maximum Gasteiger partial charge on any atom is 0.293 e. The highest BCUT2D eigenvalue weighted by Gasteiger charge is 2.34. The minimum Gasteiger partial charge on any atom is -0.383 e. The summed E-state index contributed by atoms with van der Waals surface area (Å²) in [4.78, 5) is 26.2. The Bertz CT molecular complexity index is 453. The number of thiophene rings is 1. The Morgan fingerprint density at radius 1 is 1.47 bits per heavy atom. The van der Waals surface area contributed by atoms with Crippen LogP contribution >= 0.6 is 23.1 Å². The highest BCUT2D eigenvalue weighted by Crippen LogP contribution is 2.32. The summed E-state index contributed by atoms with van der Waals surface area (Å²) in [7, 11) is 1.54. The third-order valence-corrected chi connectivity index (χ3v) is 3.94. The van der Waals surface area contributed by atoms with Crippen molar-refractivity contribution in [2.75, 3.05) is 20.3 Å². The summed E-state index contributed by atoms with van der Waals surface area (Å²) < 4.78 is 4.87. The van der Waals surface area contributed by atoms with Crippen molar-refractivity contribution < 1.29 is 14.3 Å². The second kappa shape index (κ2) is 5.48. The first-order chi connectivity index (χ1) is 8.22. The Morgan fingerprint density at radius 3 is 2.94 bits per heavy atom. The SMILES string of the molecule is COCCN1C(=O)S/C(=C/c2cccs2)C1=O. The number of nitrogens with zero attached hydrogens (tertiary/aromatic N) is 1. The molecule has 0 atom stereocenters. The summed E-state index contributed by atoms with van der Waals surface area (Å²) in [5.41, 5.74) is 0. The van der Waals surface area contributed by atoms with Crippen molar-refractivity contribution in [2.24, 2.45) is 0 Å². The van der Waals surface area contributed by atoms with Crippen molar-refractivity contribution in [1.82, 2.24) is 4.90 Å². The number of thioether (sulfide) groups is 1. The van der Waals surface area contributed by atoms with Gasteiger partial charge >= 0.3 is 0 Å². The van der Waals surface area contributed by atoms with Crippen LogP contribution in [0.25, 0.3) is 6.08 Å². The van der Waals surface area contributed by atoms with E-state index >= 15 is 0 Å². The van der Waals surface area contributed by atoms with Crippen LogP contribution in [0.3, 0.4) is 0 Å². The third-order valence-electron chi connectivity index (χ3n) is 2.21. The predicted octanol–water partition coefficient (Wildman–Crippen LogP) is 2.43. The molecule has 17 heavy (non-hydrogen) atoms. The van der Waals surface area contributed by atoms with Gasteiger partial charge in [0, 0.05) is 12.0 Å². The monoisotopic (exact) mass is 269 g/mol. The van der Waals surface area contributed by atoms with Gasteiger partial charge in [0.15, 0.2) is 0 Å². The lowest BCUT2D eigenvalue weighted by Gasteiger charge is -2.10. The van der Waals surface area contributed by atoms with E-state index in [9.17, 15) is 9.59 Å². The van der Waals surface area contributed by atoms with Crippen LogP contribution in [-0.4, -0.2) is 36.3 Å². The third kappa shape index (κ3) is 2.77. The number of amides is 2. The van der Waals surface area contributed by atoms with Crippen LogP contribution in [0.15, 0.2) is 22.4 Å². The molecule has 0 unspecified atom stereocenters. The zero-order chi connectivity index (χ0) is 12.3. The quantitative estimate of drug-likeness (QED) is 0.788. The van der Waals surface area contributed by atoms with E-state index < -0.39 is 0 Å². The van der Waals surface area contributed by atoms with Gasteiger partial charge in [0.05, 0.1) is 18.1 Å². The Kier molecular flexibility index (Phi) is 3.98. The van der Waals surface area contributed by atoms with Crippen molar-refractivity contribution in [3.63, 3.8) is 0 Å². The fourth-order valence-electron chi connectivity index (χ4n) is 1.38. The molecule has 1 aliphatic rings. The van der Waals surface area contributed by atoms with E-state index in [0.29, 0.717) is 18.1 Å². The summed E-state index contributed by atoms with van der Waals surface area (Å²) in [6.07, 6.45) is 1.75. The summed E-state index contributed by atoms with van der Waals surface area (Å²) in [6, 6.07) is 3.82. The topological polar surface area (TPSA) is 46.6 Å². The van der Waals surface area contributed by atoms with Gasteiger partial charge in [-0.15, -0.1) is 11.3 Å². The number of methoxy groups -OCH3 is 1. The van der Waals surface area contributed by atoms with Crippen LogP contribution in [0, 0.1) is 0 Å². The number of hydrogen-bond donors (Lipinski definition) is 0. The van der Waals surface area contributed by atoms with E-state index in [1.165, 1.54) is 16.2 Å². The number of hydrogen-bond acceptors (Lipinski definition) is 5. The Labute approximate surface area is 107 Å². The van der Waals surface area contributed by atoms with Gasteiger partial charge in [0.1, 0.15) is 0 Å². The molecular formula is C11H11NO3S2. The van der Waals surface area contributed by atoms with Crippen LogP contribution < -0.4 is 0 Å². The molecule has 1 aromatic rings. The lowest BCUT2D eigenvalue weighted by atomic mass is 10.4. The first-order valence-electron chi connectivity index (χ1n) is 5.00. The standard InChI is InChI=1S/C11H11NO3S2/c1-15-5-4-12-10(13)9(17-11(12)14)7-8-3-2-6-16-8/h2-3,6-7H,4-5H2,1H3/b9-7+. The normalized spacial score (nSPS) is 18.4. The van der Waals surface area contributed by atoms with E-state index in [1.807, 2.05) is 17.5 Å². The van der Waals surface area contributed by atoms with Crippen molar-refractivity contribution in [1.29, 1.82) is 0 Å². The average molecular weight is 269 g/mol.